The van der Waals surface area contributed by atoms with E-state index in [0.717, 1.165) is 12.0 Å². The standard InChI is InChI=1S/C17H16N4O4/c22-16(15-10-14(15)11-5-2-1-3-6-11)19-20-17(23)18-12-7-4-8-13(9-12)21(24)25/h1-9,14-15H,10H2,(H,19,22)(H2,18,20,23)/t14-,15-/m1/s1. The first-order chi connectivity index (χ1) is 12.0. The molecule has 128 valence electrons. The molecule has 0 aromatic heterocycles. The van der Waals surface area contributed by atoms with E-state index in [1.807, 2.05) is 30.3 Å². The van der Waals surface area contributed by atoms with Gasteiger partial charge in [-0.3, -0.25) is 20.3 Å². The molecule has 25 heavy (non-hydrogen) atoms. The summed E-state index contributed by atoms with van der Waals surface area (Å²) in [7, 11) is 0. The Kier molecular flexibility index (Phi) is 4.60. The highest BCUT2D eigenvalue weighted by Gasteiger charge is 2.43. The third-order valence-corrected chi connectivity index (χ3v) is 3.97. The molecule has 8 nitrogen and oxygen atoms in total. The fraction of sp³-hybridized carbons (Fsp3) is 0.176. The van der Waals surface area contributed by atoms with Gasteiger partial charge in [-0.15, -0.1) is 0 Å². The molecule has 0 aliphatic heterocycles. The lowest BCUT2D eigenvalue weighted by molar-refractivity contribution is -0.384. The summed E-state index contributed by atoms with van der Waals surface area (Å²) in [6.45, 7) is 0. The number of hydrazine groups is 1. The predicted molar refractivity (Wildman–Crippen MR) is 90.7 cm³/mol. The van der Waals surface area contributed by atoms with E-state index in [9.17, 15) is 19.7 Å². The monoisotopic (exact) mass is 340 g/mol. The number of amides is 3. The quantitative estimate of drug-likeness (QED) is 0.586. The number of carbonyl (C=O) groups is 2. The number of nitrogens with one attached hydrogen (secondary N) is 3. The van der Waals surface area contributed by atoms with Gasteiger partial charge in [-0.1, -0.05) is 36.4 Å². The van der Waals surface area contributed by atoms with E-state index in [0.29, 0.717) is 0 Å². The Balaban J connectivity index is 1.47. The van der Waals surface area contributed by atoms with Crippen LogP contribution in [0.5, 0.6) is 0 Å². The fourth-order valence-electron chi connectivity index (χ4n) is 2.62. The van der Waals surface area contributed by atoms with Gasteiger partial charge in [0.15, 0.2) is 0 Å². The molecule has 0 radical (unpaired) electrons. The number of benzene rings is 2. The van der Waals surface area contributed by atoms with Crippen molar-refractivity contribution >= 4 is 23.3 Å². The highest BCUT2D eigenvalue weighted by atomic mass is 16.6. The van der Waals surface area contributed by atoms with E-state index in [4.69, 9.17) is 0 Å². The van der Waals surface area contributed by atoms with Crippen molar-refractivity contribution in [3.05, 3.63) is 70.3 Å². The first kappa shape index (κ1) is 16.4. The van der Waals surface area contributed by atoms with Gasteiger partial charge in [0.05, 0.1) is 4.92 Å². The maximum Gasteiger partial charge on any atom is 0.337 e. The first-order valence-electron chi connectivity index (χ1n) is 7.71. The molecule has 0 bridgehead atoms. The number of hydrogen-bond donors (Lipinski definition) is 3. The van der Waals surface area contributed by atoms with Crippen molar-refractivity contribution in [2.45, 2.75) is 12.3 Å². The van der Waals surface area contributed by atoms with E-state index in [2.05, 4.69) is 16.2 Å². The number of hydrogen-bond acceptors (Lipinski definition) is 4. The summed E-state index contributed by atoms with van der Waals surface area (Å²) in [5.74, 6) is -0.258. The topological polar surface area (TPSA) is 113 Å². The molecule has 1 saturated carbocycles. The Labute approximate surface area is 143 Å². The Morgan fingerprint density at radius 1 is 1.04 bits per heavy atom. The fourth-order valence-corrected chi connectivity index (χ4v) is 2.62. The Morgan fingerprint density at radius 3 is 2.52 bits per heavy atom. The Bertz CT molecular complexity index is 809. The summed E-state index contributed by atoms with van der Waals surface area (Å²) in [4.78, 5) is 34.0. The summed E-state index contributed by atoms with van der Waals surface area (Å²) < 4.78 is 0. The molecule has 0 spiro atoms. The lowest BCUT2D eigenvalue weighted by Crippen LogP contribution is -2.44. The van der Waals surface area contributed by atoms with Crippen LogP contribution in [0, 0.1) is 16.0 Å². The largest absolute Gasteiger partial charge is 0.337 e. The maximum atomic E-state index is 12.0. The third kappa shape index (κ3) is 4.11. The van der Waals surface area contributed by atoms with Crippen LogP contribution >= 0.6 is 0 Å². The maximum absolute atomic E-state index is 12.0. The smallest absolute Gasteiger partial charge is 0.306 e. The Hall–Kier alpha value is -3.42. The van der Waals surface area contributed by atoms with Gasteiger partial charge in [0, 0.05) is 23.7 Å². The molecule has 2 aromatic rings. The number of nitro groups is 1. The molecule has 0 heterocycles. The number of nitro benzene ring substituents is 1. The van der Waals surface area contributed by atoms with Gasteiger partial charge in [-0.05, 0) is 24.0 Å². The summed E-state index contributed by atoms with van der Waals surface area (Å²) >= 11 is 0. The Morgan fingerprint density at radius 2 is 1.80 bits per heavy atom. The van der Waals surface area contributed by atoms with Gasteiger partial charge in [-0.25, -0.2) is 10.2 Å². The summed E-state index contributed by atoms with van der Waals surface area (Å²) in [5, 5.41) is 13.1. The van der Waals surface area contributed by atoms with Gasteiger partial charge in [0.2, 0.25) is 5.91 Å². The zero-order valence-electron chi connectivity index (χ0n) is 13.1. The molecule has 3 amide bonds. The highest BCUT2D eigenvalue weighted by molar-refractivity contribution is 5.92. The van der Waals surface area contributed by atoms with E-state index in [1.54, 1.807) is 0 Å². The number of urea groups is 1. The van der Waals surface area contributed by atoms with Crippen molar-refractivity contribution in [1.29, 1.82) is 0 Å². The van der Waals surface area contributed by atoms with Crippen LogP contribution in [-0.4, -0.2) is 16.9 Å². The molecule has 1 fully saturated rings. The van der Waals surface area contributed by atoms with Gasteiger partial charge < -0.3 is 5.32 Å². The molecule has 8 heteroatoms. The molecule has 2 aromatic carbocycles. The van der Waals surface area contributed by atoms with E-state index in [1.165, 1.54) is 24.3 Å². The minimum atomic E-state index is -0.675. The number of non-ortho nitro benzene ring substituents is 1. The number of carbonyl (C=O) groups excluding carboxylic acids is 2. The normalized spacial score (nSPS) is 18.1. The van der Waals surface area contributed by atoms with Crippen LogP contribution in [0.1, 0.15) is 17.9 Å². The molecular formula is C17H16N4O4. The van der Waals surface area contributed by atoms with Crippen LogP contribution in [0.4, 0.5) is 16.2 Å². The zero-order valence-corrected chi connectivity index (χ0v) is 13.1. The van der Waals surface area contributed by atoms with Gasteiger partial charge in [0.25, 0.3) is 5.69 Å². The minimum Gasteiger partial charge on any atom is -0.306 e. The van der Waals surface area contributed by atoms with Crippen LogP contribution in [0.25, 0.3) is 0 Å². The van der Waals surface area contributed by atoms with E-state index < -0.39 is 11.0 Å². The number of nitrogens with zero attached hydrogens (tertiary/aromatic N) is 1. The lowest BCUT2D eigenvalue weighted by Gasteiger charge is -2.09. The molecule has 0 saturated heterocycles. The van der Waals surface area contributed by atoms with E-state index >= 15 is 0 Å². The molecule has 3 N–H and O–H groups in total. The number of anilines is 1. The molecule has 1 aliphatic carbocycles. The lowest BCUT2D eigenvalue weighted by atomic mass is 10.1. The molecular weight excluding hydrogens is 324 g/mol. The number of rotatable bonds is 4. The van der Waals surface area contributed by atoms with Gasteiger partial charge in [-0.2, -0.15) is 0 Å². The summed E-state index contributed by atoms with van der Waals surface area (Å²) in [6.07, 6.45) is 0.740. The second kappa shape index (κ2) is 7.00. The van der Waals surface area contributed by atoms with Crippen molar-refractivity contribution in [3.63, 3.8) is 0 Å². The summed E-state index contributed by atoms with van der Waals surface area (Å²) in [6, 6.07) is 14.6. The van der Waals surface area contributed by atoms with Crippen LogP contribution in [0.3, 0.4) is 0 Å². The van der Waals surface area contributed by atoms with Crippen LogP contribution in [0.2, 0.25) is 0 Å². The predicted octanol–water partition coefficient (Wildman–Crippen LogP) is 2.55. The molecule has 3 rings (SSSR count). The molecule has 2 atom stereocenters. The average Bonchev–Trinajstić information content (AvgIpc) is 3.41. The average molecular weight is 340 g/mol. The summed E-state index contributed by atoms with van der Waals surface area (Å²) in [5.41, 5.74) is 5.85. The second-order valence-electron chi connectivity index (χ2n) is 5.74. The van der Waals surface area contributed by atoms with Crippen molar-refractivity contribution in [2.24, 2.45) is 5.92 Å². The van der Waals surface area contributed by atoms with Crippen LogP contribution in [-0.2, 0) is 4.79 Å². The minimum absolute atomic E-state index is 0.134. The third-order valence-electron chi connectivity index (χ3n) is 3.97. The van der Waals surface area contributed by atoms with Crippen molar-refractivity contribution in [3.8, 4) is 0 Å². The first-order valence-corrected chi connectivity index (χ1v) is 7.71. The van der Waals surface area contributed by atoms with Gasteiger partial charge >= 0.3 is 6.03 Å². The SMILES string of the molecule is O=C(NNC(=O)[C@@H]1C[C@@H]1c1ccccc1)Nc1cccc([N+](=O)[O-])c1. The van der Waals surface area contributed by atoms with Crippen molar-refractivity contribution in [2.75, 3.05) is 5.32 Å². The highest BCUT2D eigenvalue weighted by Crippen LogP contribution is 2.47. The molecule has 1 aliphatic rings. The molecule has 0 unspecified atom stereocenters. The van der Waals surface area contributed by atoms with Crippen molar-refractivity contribution < 1.29 is 14.5 Å². The zero-order chi connectivity index (χ0) is 17.8. The van der Waals surface area contributed by atoms with Gasteiger partial charge in [0.1, 0.15) is 0 Å². The van der Waals surface area contributed by atoms with E-state index in [-0.39, 0.29) is 29.1 Å². The second-order valence-corrected chi connectivity index (χ2v) is 5.74. The van der Waals surface area contributed by atoms with Crippen molar-refractivity contribution in [1.82, 2.24) is 10.9 Å². The van der Waals surface area contributed by atoms with Crippen LogP contribution < -0.4 is 16.2 Å². The van der Waals surface area contributed by atoms with Crippen LogP contribution in [0.15, 0.2) is 54.6 Å².